The number of hydrogen-bond acceptors (Lipinski definition) is 4. The first-order valence-corrected chi connectivity index (χ1v) is 9.45. The first-order valence-electron chi connectivity index (χ1n) is 9.45. The number of fused-ring (bicyclic) bond motifs is 1. The summed E-state index contributed by atoms with van der Waals surface area (Å²) in [6.07, 6.45) is 0.336. The van der Waals surface area contributed by atoms with Crippen LogP contribution in [0.3, 0.4) is 0 Å². The van der Waals surface area contributed by atoms with Gasteiger partial charge in [0.05, 0.1) is 5.69 Å². The van der Waals surface area contributed by atoms with Crippen LogP contribution in [0.5, 0.6) is 0 Å². The van der Waals surface area contributed by atoms with Crippen molar-refractivity contribution < 1.29 is 18.0 Å². The number of alkyl halides is 3. The van der Waals surface area contributed by atoms with Gasteiger partial charge in [0.1, 0.15) is 5.82 Å². The number of pyridine rings is 1. The van der Waals surface area contributed by atoms with E-state index in [1.807, 2.05) is 0 Å². The van der Waals surface area contributed by atoms with Crippen molar-refractivity contribution in [3.05, 3.63) is 41.9 Å². The molecule has 4 rings (SSSR count). The highest BCUT2D eigenvalue weighted by atomic mass is 19.4. The van der Waals surface area contributed by atoms with E-state index in [9.17, 15) is 18.0 Å². The largest absolute Gasteiger partial charge is 0.410 e. The van der Waals surface area contributed by atoms with Gasteiger partial charge in [0.25, 0.3) is 5.91 Å². The Kier molecular flexibility index (Phi) is 4.76. The normalized spacial score (nSPS) is 25.1. The van der Waals surface area contributed by atoms with Crippen molar-refractivity contribution in [1.82, 2.24) is 19.7 Å². The predicted molar refractivity (Wildman–Crippen MR) is 97.1 cm³/mol. The minimum atomic E-state index is -4.34. The number of amides is 1. The molecule has 0 aliphatic carbocycles. The minimum Gasteiger partial charge on any atom is -0.368 e. The first-order chi connectivity index (χ1) is 13.3. The molecule has 2 aromatic rings. The van der Waals surface area contributed by atoms with Crippen molar-refractivity contribution in [3.8, 4) is 0 Å². The number of piperidine rings is 1. The van der Waals surface area contributed by atoms with Crippen molar-refractivity contribution in [1.29, 1.82) is 0 Å². The third-order valence-electron chi connectivity index (χ3n) is 5.45. The molecule has 28 heavy (non-hydrogen) atoms. The van der Waals surface area contributed by atoms with Crippen molar-refractivity contribution in [3.63, 3.8) is 0 Å². The summed E-state index contributed by atoms with van der Waals surface area (Å²) in [6.45, 7) is 2.82. The van der Waals surface area contributed by atoms with Crippen LogP contribution >= 0.6 is 0 Å². The van der Waals surface area contributed by atoms with Gasteiger partial charge in [-0.2, -0.15) is 18.3 Å². The Labute approximate surface area is 160 Å². The molecular weight excluding hydrogens is 371 g/mol. The lowest BCUT2D eigenvalue weighted by molar-refractivity contribution is -0.173. The zero-order valence-corrected chi connectivity index (χ0v) is 15.5. The minimum absolute atomic E-state index is 0.0467. The quantitative estimate of drug-likeness (QED) is 0.847. The fourth-order valence-corrected chi connectivity index (χ4v) is 4.06. The molecule has 1 fully saturated rings. The third kappa shape index (κ3) is 3.57. The van der Waals surface area contributed by atoms with Crippen molar-refractivity contribution >= 4 is 11.7 Å². The van der Waals surface area contributed by atoms with Gasteiger partial charge in [0, 0.05) is 49.1 Å². The summed E-state index contributed by atoms with van der Waals surface area (Å²) in [7, 11) is 0. The van der Waals surface area contributed by atoms with E-state index in [1.54, 1.807) is 42.4 Å². The molecule has 9 heteroatoms. The van der Waals surface area contributed by atoms with E-state index in [-0.39, 0.29) is 24.3 Å². The van der Waals surface area contributed by atoms with E-state index in [2.05, 4.69) is 15.4 Å². The number of anilines is 1. The monoisotopic (exact) mass is 393 g/mol. The van der Waals surface area contributed by atoms with Gasteiger partial charge in [-0.1, -0.05) is 0 Å². The SMILES string of the molecule is C[C@@H]1C[C@H](C(F)(F)F)n2nc(C3CCCN(C(=O)c4ccncc4)C3)cc2N1. The molecular formula is C19H22F3N5O. The fourth-order valence-electron chi connectivity index (χ4n) is 4.06. The van der Waals surface area contributed by atoms with Gasteiger partial charge in [-0.05, 0) is 38.3 Å². The molecule has 0 spiro atoms. The number of hydrogen-bond donors (Lipinski definition) is 1. The number of carbonyl (C=O) groups is 1. The van der Waals surface area contributed by atoms with Crippen LogP contribution in [0.2, 0.25) is 0 Å². The highest BCUT2D eigenvalue weighted by molar-refractivity contribution is 5.94. The van der Waals surface area contributed by atoms with Crippen LogP contribution in [0, 0.1) is 0 Å². The second-order valence-corrected chi connectivity index (χ2v) is 7.56. The van der Waals surface area contributed by atoms with Crippen LogP contribution in [0.1, 0.15) is 54.2 Å². The number of nitrogens with one attached hydrogen (secondary N) is 1. The number of nitrogens with zero attached hydrogens (tertiary/aromatic N) is 4. The second kappa shape index (κ2) is 7.10. The number of aromatic nitrogens is 3. The zero-order chi connectivity index (χ0) is 19.9. The van der Waals surface area contributed by atoms with Crippen LogP contribution in [0.4, 0.5) is 19.0 Å². The zero-order valence-electron chi connectivity index (χ0n) is 15.5. The highest BCUT2D eigenvalue weighted by Gasteiger charge is 2.45. The number of carbonyl (C=O) groups excluding carboxylic acids is 1. The Morgan fingerprint density at radius 3 is 2.75 bits per heavy atom. The van der Waals surface area contributed by atoms with Crippen LogP contribution in [0.15, 0.2) is 30.6 Å². The van der Waals surface area contributed by atoms with Crippen LogP contribution in [0.25, 0.3) is 0 Å². The molecule has 1 unspecified atom stereocenters. The van der Waals surface area contributed by atoms with Crippen molar-refractivity contribution in [2.75, 3.05) is 18.4 Å². The molecule has 1 saturated heterocycles. The van der Waals surface area contributed by atoms with Crippen LogP contribution < -0.4 is 5.32 Å². The lowest BCUT2D eigenvalue weighted by atomic mass is 9.94. The number of likely N-dealkylation sites (tertiary alicyclic amines) is 1. The van der Waals surface area contributed by atoms with Gasteiger partial charge < -0.3 is 10.2 Å². The van der Waals surface area contributed by atoms with E-state index in [0.29, 0.717) is 30.2 Å². The highest BCUT2D eigenvalue weighted by Crippen LogP contribution is 2.40. The summed E-state index contributed by atoms with van der Waals surface area (Å²) in [5.41, 5.74) is 1.17. The molecule has 0 saturated carbocycles. The molecule has 4 heterocycles. The molecule has 3 atom stereocenters. The van der Waals surface area contributed by atoms with Gasteiger partial charge in [0.15, 0.2) is 6.04 Å². The van der Waals surface area contributed by atoms with E-state index >= 15 is 0 Å². The van der Waals surface area contributed by atoms with Gasteiger partial charge in [-0.25, -0.2) is 4.68 Å². The summed E-state index contributed by atoms with van der Waals surface area (Å²) in [4.78, 5) is 18.4. The molecule has 2 aliphatic rings. The maximum Gasteiger partial charge on any atom is 0.410 e. The molecule has 2 aliphatic heterocycles. The fraction of sp³-hybridized carbons (Fsp3) is 0.526. The third-order valence-corrected chi connectivity index (χ3v) is 5.45. The maximum absolute atomic E-state index is 13.5. The molecule has 6 nitrogen and oxygen atoms in total. The van der Waals surface area contributed by atoms with Gasteiger partial charge >= 0.3 is 6.18 Å². The van der Waals surface area contributed by atoms with Crippen LogP contribution in [-0.2, 0) is 0 Å². The summed E-state index contributed by atoms with van der Waals surface area (Å²) < 4.78 is 41.4. The smallest absolute Gasteiger partial charge is 0.368 e. The Morgan fingerprint density at radius 2 is 2.04 bits per heavy atom. The van der Waals surface area contributed by atoms with Gasteiger partial charge in [-0.15, -0.1) is 0 Å². The van der Waals surface area contributed by atoms with Gasteiger partial charge in [-0.3, -0.25) is 9.78 Å². The van der Waals surface area contributed by atoms with E-state index in [0.717, 1.165) is 17.5 Å². The van der Waals surface area contributed by atoms with E-state index in [4.69, 9.17) is 0 Å². The molecule has 2 aromatic heterocycles. The molecule has 1 N–H and O–H groups in total. The van der Waals surface area contributed by atoms with Crippen molar-refractivity contribution in [2.45, 2.75) is 50.4 Å². The predicted octanol–water partition coefficient (Wildman–Crippen LogP) is 3.61. The topological polar surface area (TPSA) is 63.1 Å². The first kappa shape index (κ1) is 18.8. The standard InChI is InChI=1S/C19H22F3N5O/c1-12-9-16(19(20,21)22)27-17(24-12)10-15(25-27)14-3-2-8-26(11-14)18(28)13-4-6-23-7-5-13/h4-7,10,12,14,16,24H,2-3,8-9,11H2,1H3/t12-,14?,16-/m1/s1. The molecule has 0 radical (unpaired) electrons. The van der Waals surface area contributed by atoms with Gasteiger partial charge in [0.2, 0.25) is 0 Å². The van der Waals surface area contributed by atoms with E-state index in [1.165, 1.54) is 0 Å². The Morgan fingerprint density at radius 1 is 1.29 bits per heavy atom. The summed E-state index contributed by atoms with van der Waals surface area (Å²) in [6, 6.07) is 3.14. The van der Waals surface area contributed by atoms with Crippen molar-refractivity contribution in [2.24, 2.45) is 0 Å². The van der Waals surface area contributed by atoms with E-state index < -0.39 is 12.2 Å². The molecule has 1 amide bonds. The summed E-state index contributed by atoms with van der Waals surface area (Å²) in [5, 5.41) is 7.40. The molecule has 0 bridgehead atoms. The molecule has 150 valence electrons. The molecule has 0 aromatic carbocycles. The average Bonchev–Trinajstić information content (AvgIpc) is 3.10. The Bertz CT molecular complexity index is 851. The Balaban J connectivity index is 1.56. The lowest BCUT2D eigenvalue weighted by Gasteiger charge is -2.32. The van der Waals surface area contributed by atoms with Crippen LogP contribution in [-0.4, -0.2) is 50.9 Å². The Hall–Kier alpha value is -2.58. The summed E-state index contributed by atoms with van der Waals surface area (Å²) >= 11 is 0. The number of halogens is 3. The lowest BCUT2D eigenvalue weighted by Crippen LogP contribution is -2.39. The number of rotatable bonds is 2. The second-order valence-electron chi connectivity index (χ2n) is 7.56. The average molecular weight is 393 g/mol. The summed E-state index contributed by atoms with van der Waals surface area (Å²) in [5.74, 6) is 0.230. The maximum atomic E-state index is 13.5.